The molecule has 28 heavy (non-hydrogen) atoms. The number of fused-ring (bicyclic) bond motifs is 1. The first kappa shape index (κ1) is 18.9. The molecule has 1 aliphatic rings. The Morgan fingerprint density at radius 2 is 1.93 bits per heavy atom. The van der Waals surface area contributed by atoms with Crippen molar-refractivity contribution < 1.29 is 14.0 Å². The van der Waals surface area contributed by atoms with E-state index in [1.165, 1.54) is 12.1 Å². The van der Waals surface area contributed by atoms with Crippen LogP contribution in [-0.2, 0) is 0 Å². The number of aryl methyl sites for hydroxylation is 1. The van der Waals surface area contributed by atoms with E-state index in [1.807, 2.05) is 19.1 Å². The molecule has 1 N–H and O–H groups in total. The van der Waals surface area contributed by atoms with Crippen molar-refractivity contribution in [2.75, 3.05) is 18.4 Å². The van der Waals surface area contributed by atoms with Gasteiger partial charge >= 0.3 is 0 Å². The Morgan fingerprint density at radius 3 is 2.68 bits per heavy atom. The molecular formula is C21H18ClFN2O2S. The van der Waals surface area contributed by atoms with Crippen LogP contribution in [0.2, 0.25) is 5.02 Å². The number of likely N-dealkylation sites (tertiary alicyclic amines) is 1. The molecule has 3 aromatic rings. The Balaban J connectivity index is 1.68. The van der Waals surface area contributed by atoms with E-state index in [-0.39, 0.29) is 11.7 Å². The van der Waals surface area contributed by atoms with Gasteiger partial charge in [0.15, 0.2) is 0 Å². The molecule has 2 aromatic carbocycles. The summed E-state index contributed by atoms with van der Waals surface area (Å²) >= 11 is 7.50. The van der Waals surface area contributed by atoms with E-state index in [0.717, 1.165) is 42.8 Å². The van der Waals surface area contributed by atoms with Crippen molar-refractivity contribution in [2.45, 2.75) is 19.8 Å². The molecule has 4 rings (SSSR count). The molecule has 0 unspecified atom stereocenters. The van der Waals surface area contributed by atoms with Gasteiger partial charge in [-0.05, 0) is 49.6 Å². The minimum atomic E-state index is -0.406. The largest absolute Gasteiger partial charge is 0.339 e. The fourth-order valence-corrected chi connectivity index (χ4v) is 4.89. The molecule has 1 aromatic heterocycles. The lowest BCUT2D eigenvalue weighted by atomic mass is 10.1. The summed E-state index contributed by atoms with van der Waals surface area (Å²) < 4.78 is 14.1. The van der Waals surface area contributed by atoms with Crippen LogP contribution in [0, 0.1) is 12.7 Å². The standard InChI is InChI=1S/C21H18ClFN2O2S/c1-12-5-4-6-15(21(27)25-9-2-3-10-25)18(12)24-20(26)19-17(22)14-8-7-13(23)11-16(14)28-19/h4-8,11H,2-3,9-10H2,1H3,(H,24,26). The van der Waals surface area contributed by atoms with E-state index in [0.29, 0.717) is 31.2 Å². The van der Waals surface area contributed by atoms with Gasteiger partial charge in [-0.2, -0.15) is 0 Å². The molecule has 1 aliphatic heterocycles. The van der Waals surface area contributed by atoms with Crippen molar-refractivity contribution in [1.82, 2.24) is 4.90 Å². The van der Waals surface area contributed by atoms with Crippen LogP contribution in [0.25, 0.3) is 10.1 Å². The molecule has 7 heteroatoms. The lowest BCUT2D eigenvalue weighted by molar-refractivity contribution is 0.0794. The Labute approximate surface area is 170 Å². The number of benzene rings is 2. The van der Waals surface area contributed by atoms with E-state index in [4.69, 9.17) is 11.6 Å². The fraction of sp³-hybridized carbons (Fsp3) is 0.238. The minimum absolute atomic E-state index is 0.0824. The predicted molar refractivity (Wildman–Crippen MR) is 111 cm³/mol. The van der Waals surface area contributed by atoms with Gasteiger partial charge in [0.05, 0.1) is 16.3 Å². The Morgan fingerprint density at radius 1 is 1.18 bits per heavy atom. The highest BCUT2D eigenvalue weighted by atomic mass is 35.5. The average molecular weight is 417 g/mol. The number of rotatable bonds is 3. The van der Waals surface area contributed by atoms with Crippen LogP contribution in [0.5, 0.6) is 0 Å². The van der Waals surface area contributed by atoms with Gasteiger partial charge in [0.25, 0.3) is 11.8 Å². The van der Waals surface area contributed by atoms with Gasteiger partial charge in [0, 0.05) is 23.2 Å². The SMILES string of the molecule is Cc1cccc(C(=O)N2CCCC2)c1NC(=O)c1sc2cc(F)ccc2c1Cl. The average Bonchev–Trinajstić information content (AvgIpc) is 3.31. The molecule has 2 heterocycles. The van der Waals surface area contributed by atoms with Gasteiger partial charge in [-0.25, -0.2) is 4.39 Å². The Bertz CT molecular complexity index is 1090. The topological polar surface area (TPSA) is 49.4 Å². The van der Waals surface area contributed by atoms with Gasteiger partial charge in [-0.3, -0.25) is 9.59 Å². The van der Waals surface area contributed by atoms with Crippen LogP contribution in [0.4, 0.5) is 10.1 Å². The predicted octanol–water partition coefficient (Wildman–Crippen LogP) is 5.49. The van der Waals surface area contributed by atoms with Crippen LogP contribution in [-0.4, -0.2) is 29.8 Å². The van der Waals surface area contributed by atoms with Gasteiger partial charge < -0.3 is 10.2 Å². The molecule has 2 amide bonds. The zero-order valence-electron chi connectivity index (χ0n) is 15.2. The van der Waals surface area contributed by atoms with Crippen molar-refractivity contribution in [3.8, 4) is 0 Å². The smallest absolute Gasteiger partial charge is 0.267 e. The number of halogens is 2. The number of thiophene rings is 1. The van der Waals surface area contributed by atoms with E-state index in [9.17, 15) is 14.0 Å². The van der Waals surface area contributed by atoms with Crippen molar-refractivity contribution in [2.24, 2.45) is 0 Å². The zero-order valence-corrected chi connectivity index (χ0v) is 16.8. The second-order valence-corrected chi connectivity index (χ2v) is 8.27. The summed E-state index contributed by atoms with van der Waals surface area (Å²) in [5, 5.41) is 3.79. The van der Waals surface area contributed by atoms with Crippen LogP contribution >= 0.6 is 22.9 Å². The third-order valence-electron chi connectivity index (χ3n) is 4.93. The van der Waals surface area contributed by atoms with Gasteiger partial charge in [-0.15, -0.1) is 11.3 Å². The first-order valence-corrected chi connectivity index (χ1v) is 10.2. The summed E-state index contributed by atoms with van der Waals surface area (Å²) in [6.07, 6.45) is 1.99. The summed E-state index contributed by atoms with van der Waals surface area (Å²) in [4.78, 5) is 27.9. The van der Waals surface area contributed by atoms with Crippen LogP contribution in [0.15, 0.2) is 36.4 Å². The first-order valence-electron chi connectivity index (χ1n) is 9.03. The molecule has 0 radical (unpaired) electrons. The molecular weight excluding hydrogens is 399 g/mol. The van der Waals surface area contributed by atoms with E-state index in [2.05, 4.69) is 5.32 Å². The number of anilines is 1. The maximum atomic E-state index is 13.5. The van der Waals surface area contributed by atoms with Gasteiger partial charge in [0.2, 0.25) is 0 Å². The van der Waals surface area contributed by atoms with Crippen molar-refractivity contribution in [3.63, 3.8) is 0 Å². The number of nitrogens with one attached hydrogen (secondary N) is 1. The van der Waals surface area contributed by atoms with E-state index >= 15 is 0 Å². The lowest BCUT2D eigenvalue weighted by Crippen LogP contribution is -2.29. The van der Waals surface area contributed by atoms with Crippen molar-refractivity contribution in [3.05, 3.63) is 63.2 Å². The van der Waals surface area contributed by atoms with Crippen LogP contribution in [0.1, 0.15) is 38.4 Å². The van der Waals surface area contributed by atoms with Crippen LogP contribution in [0.3, 0.4) is 0 Å². The lowest BCUT2D eigenvalue weighted by Gasteiger charge is -2.19. The second kappa shape index (κ2) is 7.53. The maximum absolute atomic E-state index is 13.5. The Hall–Kier alpha value is -2.44. The molecule has 0 aliphatic carbocycles. The third kappa shape index (κ3) is 3.38. The number of amides is 2. The highest BCUT2D eigenvalue weighted by Gasteiger charge is 2.25. The number of hydrogen-bond donors (Lipinski definition) is 1. The molecule has 4 nitrogen and oxygen atoms in total. The zero-order chi connectivity index (χ0) is 19.8. The number of carbonyl (C=O) groups excluding carboxylic acids is 2. The molecule has 0 spiro atoms. The summed E-state index contributed by atoms with van der Waals surface area (Å²) in [5.74, 6) is -0.868. The third-order valence-corrected chi connectivity index (χ3v) is 6.59. The second-order valence-electron chi connectivity index (χ2n) is 6.84. The summed E-state index contributed by atoms with van der Waals surface area (Å²) in [7, 11) is 0. The van der Waals surface area contributed by atoms with Gasteiger partial charge in [0.1, 0.15) is 10.7 Å². The number of para-hydroxylation sites is 1. The van der Waals surface area contributed by atoms with E-state index in [1.54, 1.807) is 17.0 Å². The highest BCUT2D eigenvalue weighted by Crippen LogP contribution is 2.36. The summed E-state index contributed by atoms with van der Waals surface area (Å²) in [5.41, 5.74) is 1.75. The van der Waals surface area contributed by atoms with Crippen molar-refractivity contribution in [1.29, 1.82) is 0 Å². The molecule has 0 atom stereocenters. The fourth-order valence-electron chi connectivity index (χ4n) is 3.46. The molecule has 1 saturated heterocycles. The maximum Gasteiger partial charge on any atom is 0.267 e. The van der Waals surface area contributed by atoms with Crippen molar-refractivity contribution >= 4 is 50.5 Å². The molecule has 144 valence electrons. The summed E-state index contributed by atoms with van der Waals surface area (Å²) in [6, 6.07) is 9.62. The molecule has 1 fully saturated rings. The molecule has 0 saturated carbocycles. The monoisotopic (exact) mass is 416 g/mol. The summed E-state index contributed by atoms with van der Waals surface area (Å²) in [6.45, 7) is 3.31. The number of carbonyl (C=O) groups is 2. The van der Waals surface area contributed by atoms with Gasteiger partial charge in [-0.1, -0.05) is 23.7 Å². The van der Waals surface area contributed by atoms with Crippen LogP contribution < -0.4 is 5.32 Å². The molecule has 0 bridgehead atoms. The minimum Gasteiger partial charge on any atom is -0.339 e. The Kier molecular flexibility index (Phi) is 5.08. The quantitative estimate of drug-likeness (QED) is 0.613. The normalized spacial score (nSPS) is 13.9. The van der Waals surface area contributed by atoms with E-state index < -0.39 is 5.91 Å². The highest BCUT2D eigenvalue weighted by molar-refractivity contribution is 7.21. The number of nitrogens with zero attached hydrogens (tertiary/aromatic N) is 1. The first-order chi connectivity index (χ1) is 13.5. The number of hydrogen-bond acceptors (Lipinski definition) is 3.